The summed E-state index contributed by atoms with van der Waals surface area (Å²) in [5.74, 6) is 0.997. The maximum atomic E-state index is 6.53. The number of fused-ring (bicyclic) bond motifs is 1. The van der Waals surface area contributed by atoms with Crippen molar-refractivity contribution in [2.24, 2.45) is 0 Å². The molecule has 3 aromatic heterocycles. The number of nitrogens with zero attached hydrogens (tertiary/aromatic N) is 6. The van der Waals surface area contributed by atoms with E-state index in [1.54, 1.807) is 29.1 Å². The summed E-state index contributed by atoms with van der Waals surface area (Å²) in [7, 11) is 2.96. The Bertz CT molecular complexity index is 1130. The van der Waals surface area contributed by atoms with Crippen molar-refractivity contribution >= 4 is 34.2 Å². The van der Waals surface area contributed by atoms with Crippen molar-refractivity contribution in [1.82, 2.24) is 29.7 Å². The summed E-state index contributed by atoms with van der Waals surface area (Å²) >= 11 is 12.9. The Balaban J connectivity index is 2.06. The number of hydrogen-bond donors (Lipinski definition) is 0. The molecule has 4 aromatic rings. The average Bonchev–Trinajstić information content (AvgIpc) is 3.18. The first-order valence-electron chi connectivity index (χ1n) is 7.72. The lowest BCUT2D eigenvalue weighted by Crippen LogP contribution is -2.04. The summed E-state index contributed by atoms with van der Waals surface area (Å²) in [6.45, 7) is 0. The van der Waals surface area contributed by atoms with E-state index in [-0.39, 0.29) is 16.8 Å². The van der Waals surface area contributed by atoms with Crippen LogP contribution < -0.4 is 9.47 Å². The standard InChI is InChI=1S/C17H12Cl2N6O2/c1-26-16-17(27-2)23-13-11(22-16)6-10(18)12(19)14(13)25-8-21-24-15(25)9-4-3-5-20-7-9/h3-8H,1-2H3. The van der Waals surface area contributed by atoms with E-state index in [1.165, 1.54) is 20.5 Å². The summed E-state index contributed by atoms with van der Waals surface area (Å²) in [4.78, 5) is 13.1. The minimum Gasteiger partial charge on any atom is -0.477 e. The summed E-state index contributed by atoms with van der Waals surface area (Å²) < 4.78 is 12.2. The molecule has 0 N–H and O–H groups in total. The van der Waals surface area contributed by atoms with E-state index in [0.717, 1.165) is 5.56 Å². The van der Waals surface area contributed by atoms with Crippen LogP contribution in [0.15, 0.2) is 36.9 Å². The molecule has 0 aliphatic carbocycles. The van der Waals surface area contributed by atoms with Gasteiger partial charge >= 0.3 is 0 Å². The molecule has 0 radical (unpaired) electrons. The molecule has 0 bridgehead atoms. The Hall–Kier alpha value is -2.97. The normalized spacial score (nSPS) is 11.0. The molecule has 0 spiro atoms. The van der Waals surface area contributed by atoms with Crippen molar-refractivity contribution in [1.29, 1.82) is 0 Å². The minimum absolute atomic E-state index is 0.223. The molecular formula is C17H12Cl2N6O2. The zero-order chi connectivity index (χ0) is 19.0. The van der Waals surface area contributed by atoms with Crippen LogP contribution in [-0.4, -0.2) is 43.9 Å². The van der Waals surface area contributed by atoms with Crippen LogP contribution in [0, 0.1) is 0 Å². The zero-order valence-electron chi connectivity index (χ0n) is 14.2. The summed E-state index contributed by atoms with van der Waals surface area (Å²) in [5, 5.41) is 8.79. The maximum absolute atomic E-state index is 6.53. The molecule has 136 valence electrons. The quantitative estimate of drug-likeness (QED) is 0.515. The molecule has 0 amide bonds. The average molecular weight is 403 g/mol. The van der Waals surface area contributed by atoms with E-state index >= 15 is 0 Å². The highest BCUT2D eigenvalue weighted by atomic mass is 35.5. The van der Waals surface area contributed by atoms with Crippen molar-refractivity contribution in [3.8, 4) is 28.8 Å². The number of ether oxygens (including phenoxy) is 2. The molecule has 8 nitrogen and oxygen atoms in total. The van der Waals surface area contributed by atoms with Crippen LogP contribution in [0.2, 0.25) is 10.0 Å². The van der Waals surface area contributed by atoms with Gasteiger partial charge in [0.1, 0.15) is 11.8 Å². The Morgan fingerprint density at radius 3 is 2.56 bits per heavy atom. The molecule has 0 saturated carbocycles. The van der Waals surface area contributed by atoms with Crippen molar-refractivity contribution in [2.45, 2.75) is 0 Å². The highest BCUT2D eigenvalue weighted by molar-refractivity contribution is 6.44. The third-order valence-electron chi connectivity index (χ3n) is 3.86. The molecule has 0 unspecified atom stereocenters. The lowest BCUT2D eigenvalue weighted by Gasteiger charge is -2.14. The number of methoxy groups -OCH3 is 2. The van der Waals surface area contributed by atoms with Crippen molar-refractivity contribution < 1.29 is 9.47 Å². The van der Waals surface area contributed by atoms with E-state index in [4.69, 9.17) is 32.7 Å². The van der Waals surface area contributed by atoms with Crippen LogP contribution >= 0.6 is 23.2 Å². The van der Waals surface area contributed by atoms with Gasteiger partial charge in [0.15, 0.2) is 5.82 Å². The second kappa shape index (κ2) is 6.98. The Kier molecular flexibility index (Phi) is 4.51. The molecule has 4 rings (SSSR count). The van der Waals surface area contributed by atoms with Crippen LogP contribution in [-0.2, 0) is 0 Å². The highest BCUT2D eigenvalue weighted by Gasteiger charge is 2.21. The van der Waals surface area contributed by atoms with Crippen molar-refractivity contribution in [3.05, 3.63) is 47.0 Å². The van der Waals surface area contributed by atoms with Crippen LogP contribution in [0.5, 0.6) is 11.8 Å². The topological polar surface area (TPSA) is 87.8 Å². The molecule has 0 fully saturated rings. The number of aromatic nitrogens is 6. The van der Waals surface area contributed by atoms with Crippen molar-refractivity contribution in [2.75, 3.05) is 14.2 Å². The monoisotopic (exact) mass is 402 g/mol. The number of rotatable bonds is 4. The van der Waals surface area contributed by atoms with Gasteiger partial charge in [-0.2, -0.15) is 0 Å². The number of hydrogen-bond acceptors (Lipinski definition) is 7. The molecule has 0 aliphatic heterocycles. The minimum atomic E-state index is 0.223. The van der Waals surface area contributed by atoms with Crippen LogP contribution in [0.25, 0.3) is 28.1 Å². The van der Waals surface area contributed by atoms with Gasteiger partial charge in [-0.1, -0.05) is 23.2 Å². The fourth-order valence-corrected chi connectivity index (χ4v) is 3.10. The van der Waals surface area contributed by atoms with E-state index in [1.807, 2.05) is 6.07 Å². The molecule has 0 saturated heterocycles. The van der Waals surface area contributed by atoms with Crippen molar-refractivity contribution in [3.63, 3.8) is 0 Å². The van der Waals surface area contributed by atoms with E-state index in [9.17, 15) is 0 Å². The van der Waals surface area contributed by atoms with Gasteiger partial charge in [-0.3, -0.25) is 9.55 Å². The Labute approximate surface area is 163 Å². The first-order chi connectivity index (χ1) is 13.1. The molecule has 1 aromatic carbocycles. The maximum Gasteiger partial charge on any atom is 0.278 e. The van der Waals surface area contributed by atoms with Gasteiger partial charge in [-0.15, -0.1) is 10.2 Å². The van der Waals surface area contributed by atoms with Gasteiger partial charge in [0, 0.05) is 18.0 Å². The summed E-state index contributed by atoms with van der Waals surface area (Å²) in [6.07, 6.45) is 4.88. The van der Waals surface area contributed by atoms with Gasteiger partial charge in [0.05, 0.1) is 35.5 Å². The second-order valence-electron chi connectivity index (χ2n) is 5.40. The van der Waals surface area contributed by atoms with Gasteiger partial charge in [0.2, 0.25) is 0 Å². The lowest BCUT2D eigenvalue weighted by atomic mass is 10.2. The third-order valence-corrected chi connectivity index (χ3v) is 4.64. The third kappa shape index (κ3) is 2.92. The second-order valence-corrected chi connectivity index (χ2v) is 6.18. The molecule has 3 heterocycles. The lowest BCUT2D eigenvalue weighted by molar-refractivity contribution is 0.334. The van der Waals surface area contributed by atoms with Gasteiger partial charge < -0.3 is 9.47 Å². The Morgan fingerprint density at radius 2 is 1.85 bits per heavy atom. The molecule has 10 heteroatoms. The largest absolute Gasteiger partial charge is 0.477 e. The van der Waals surface area contributed by atoms with Gasteiger partial charge in [-0.05, 0) is 18.2 Å². The predicted molar refractivity (Wildman–Crippen MR) is 101 cm³/mol. The predicted octanol–water partition coefficient (Wildman–Crippen LogP) is 3.60. The van der Waals surface area contributed by atoms with Crippen LogP contribution in [0.3, 0.4) is 0 Å². The SMILES string of the molecule is COc1nc2cc(Cl)c(Cl)c(-n3cnnc3-c3cccnc3)c2nc1OC. The fourth-order valence-electron chi connectivity index (χ4n) is 2.67. The molecule has 27 heavy (non-hydrogen) atoms. The Morgan fingerprint density at radius 1 is 1.07 bits per heavy atom. The van der Waals surface area contributed by atoms with Gasteiger partial charge in [-0.25, -0.2) is 9.97 Å². The van der Waals surface area contributed by atoms with Crippen LogP contribution in [0.4, 0.5) is 0 Å². The smallest absolute Gasteiger partial charge is 0.278 e. The number of benzene rings is 1. The highest BCUT2D eigenvalue weighted by Crippen LogP contribution is 2.38. The summed E-state index contributed by atoms with van der Waals surface area (Å²) in [5.41, 5.74) is 2.19. The van der Waals surface area contributed by atoms with E-state index < -0.39 is 0 Å². The zero-order valence-corrected chi connectivity index (χ0v) is 15.7. The fraction of sp³-hybridized carbons (Fsp3) is 0.118. The summed E-state index contributed by atoms with van der Waals surface area (Å²) in [6, 6.07) is 5.29. The first kappa shape index (κ1) is 17.4. The van der Waals surface area contributed by atoms with E-state index in [2.05, 4.69) is 25.1 Å². The molecule has 0 aliphatic rings. The first-order valence-corrected chi connectivity index (χ1v) is 8.48. The van der Waals surface area contributed by atoms with Crippen LogP contribution in [0.1, 0.15) is 0 Å². The number of pyridine rings is 1. The molecule has 0 atom stereocenters. The van der Waals surface area contributed by atoms with Gasteiger partial charge in [0.25, 0.3) is 11.8 Å². The molecular weight excluding hydrogens is 391 g/mol. The number of halogens is 2. The van der Waals surface area contributed by atoms with E-state index in [0.29, 0.717) is 27.6 Å².